The van der Waals surface area contributed by atoms with Crippen molar-refractivity contribution in [1.29, 1.82) is 0 Å². The Labute approximate surface area is 186 Å². The SMILES string of the molecule is O=C(Cc1ccc(-c2ccc(CN3CCOCC3)cc2F)cc1)NCc1cccc(F)c1. The van der Waals surface area contributed by atoms with Crippen molar-refractivity contribution in [2.24, 2.45) is 0 Å². The van der Waals surface area contributed by atoms with Gasteiger partial charge in [-0.15, -0.1) is 0 Å². The topological polar surface area (TPSA) is 41.6 Å². The Morgan fingerprint density at radius 2 is 1.66 bits per heavy atom. The van der Waals surface area contributed by atoms with E-state index in [0.29, 0.717) is 17.7 Å². The third kappa shape index (κ3) is 5.99. The minimum absolute atomic E-state index is 0.152. The molecule has 1 amide bonds. The van der Waals surface area contributed by atoms with E-state index in [2.05, 4.69) is 10.2 Å². The van der Waals surface area contributed by atoms with Crippen LogP contribution < -0.4 is 5.32 Å². The van der Waals surface area contributed by atoms with E-state index in [1.807, 2.05) is 36.4 Å². The fraction of sp³-hybridized carbons (Fsp3) is 0.269. The van der Waals surface area contributed by atoms with Crippen molar-refractivity contribution in [2.75, 3.05) is 26.3 Å². The number of halogens is 2. The van der Waals surface area contributed by atoms with Crippen LogP contribution in [0.15, 0.2) is 66.7 Å². The molecule has 0 aromatic heterocycles. The third-order valence-corrected chi connectivity index (χ3v) is 5.55. The Kier molecular flexibility index (Phi) is 7.24. The van der Waals surface area contributed by atoms with Gasteiger partial charge in [0.05, 0.1) is 19.6 Å². The first-order chi connectivity index (χ1) is 15.6. The highest BCUT2D eigenvalue weighted by atomic mass is 19.1. The van der Waals surface area contributed by atoms with E-state index in [9.17, 15) is 13.6 Å². The lowest BCUT2D eigenvalue weighted by Crippen LogP contribution is -2.35. The molecule has 1 saturated heterocycles. The average molecular weight is 437 g/mol. The lowest BCUT2D eigenvalue weighted by Gasteiger charge is -2.26. The molecule has 1 N–H and O–H groups in total. The molecular formula is C26H26F2N2O2. The largest absolute Gasteiger partial charge is 0.379 e. The first-order valence-corrected chi connectivity index (χ1v) is 10.8. The fourth-order valence-corrected chi connectivity index (χ4v) is 3.81. The minimum Gasteiger partial charge on any atom is -0.379 e. The monoisotopic (exact) mass is 436 g/mol. The van der Waals surface area contributed by atoms with Crippen LogP contribution in [-0.2, 0) is 29.0 Å². The van der Waals surface area contributed by atoms with Crippen LogP contribution in [0.25, 0.3) is 11.1 Å². The highest BCUT2D eigenvalue weighted by Gasteiger charge is 2.13. The zero-order valence-corrected chi connectivity index (χ0v) is 17.8. The van der Waals surface area contributed by atoms with Crippen LogP contribution in [0.2, 0.25) is 0 Å². The molecule has 0 unspecified atom stereocenters. The molecule has 1 aliphatic rings. The van der Waals surface area contributed by atoms with Crippen LogP contribution in [0, 0.1) is 11.6 Å². The summed E-state index contributed by atoms with van der Waals surface area (Å²) >= 11 is 0. The molecule has 6 heteroatoms. The summed E-state index contributed by atoms with van der Waals surface area (Å²) in [6.07, 6.45) is 0.205. The van der Waals surface area contributed by atoms with Gasteiger partial charge in [-0.05, 0) is 40.5 Å². The van der Waals surface area contributed by atoms with Gasteiger partial charge in [0, 0.05) is 31.7 Å². The van der Waals surface area contributed by atoms with Gasteiger partial charge in [0.1, 0.15) is 11.6 Å². The van der Waals surface area contributed by atoms with Crippen molar-refractivity contribution in [3.63, 3.8) is 0 Å². The van der Waals surface area contributed by atoms with Crippen molar-refractivity contribution in [3.8, 4) is 11.1 Å². The summed E-state index contributed by atoms with van der Waals surface area (Å²) in [5, 5.41) is 2.79. The van der Waals surface area contributed by atoms with Crippen LogP contribution in [-0.4, -0.2) is 37.1 Å². The number of benzene rings is 3. The molecule has 0 atom stereocenters. The Morgan fingerprint density at radius 1 is 0.906 bits per heavy atom. The summed E-state index contributed by atoms with van der Waals surface area (Å²) in [6, 6.07) is 18.8. The number of carbonyl (C=O) groups excluding carboxylic acids is 1. The Hall–Kier alpha value is -3.09. The molecule has 1 heterocycles. The molecule has 0 saturated carbocycles. The number of nitrogens with one attached hydrogen (secondary N) is 1. The highest BCUT2D eigenvalue weighted by Crippen LogP contribution is 2.25. The summed E-state index contributed by atoms with van der Waals surface area (Å²) < 4.78 is 33.3. The molecule has 4 rings (SSSR count). The number of amides is 1. The third-order valence-electron chi connectivity index (χ3n) is 5.55. The minimum atomic E-state index is -0.325. The number of morpholine rings is 1. The number of hydrogen-bond acceptors (Lipinski definition) is 3. The Morgan fingerprint density at radius 3 is 2.38 bits per heavy atom. The molecule has 0 radical (unpaired) electrons. The van der Waals surface area contributed by atoms with E-state index in [1.165, 1.54) is 12.1 Å². The van der Waals surface area contributed by atoms with Crippen LogP contribution in [0.3, 0.4) is 0 Å². The maximum absolute atomic E-state index is 14.8. The molecular weight excluding hydrogens is 410 g/mol. The number of hydrogen-bond donors (Lipinski definition) is 1. The maximum atomic E-state index is 14.8. The van der Waals surface area contributed by atoms with E-state index >= 15 is 0 Å². The van der Waals surface area contributed by atoms with E-state index in [0.717, 1.165) is 43.0 Å². The van der Waals surface area contributed by atoms with Gasteiger partial charge in [0.2, 0.25) is 5.91 Å². The molecule has 0 aliphatic carbocycles. The Balaban J connectivity index is 1.34. The van der Waals surface area contributed by atoms with Crippen molar-refractivity contribution in [3.05, 3.63) is 95.1 Å². The van der Waals surface area contributed by atoms with E-state index in [4.69, 9.17) is 4.74 Å². The van der Waals surface area contributed by atoms with Gasteiger partial charge < -0.3 is 10.1 Å². The molecule has 4 nitrogen and oxygen atoms in total. The lowest BCUT2D eigenvalue weighted by molar-refractivity contribution is -0.120. The zero-order valence-electron chi connectivity index (χ0n) is 17.8. The van der Waals surface area contributed by atoms with Crippen molar-refractivity contribution in [1.82, 2.24) is 10.2 Å². The molecule has 3 aromatic carbocycles. The van der Waals surface area contributed by atoms with Gasteiger partial charge >= 0.3 is 0 Å². The van der Waals surface area contributed by atoms with Crippen molar-refractivity contribution >= 4 is 5.91 Å². The number of ether oxygens (including phenoxy) is 1. The predicted octanol–water partition coefficient (Wildman–Crippen LogP) is 4.32. The Bertz CT molecular complexity index is 1060. The predicted molar refractivity (Wildman–Crippen MR) is 120 cm³/mol. The van der Waals surface area contributed by atoms with E-state index < -0.39 is 0 Å². The van der Waals surface area contributed by atoms with Crippen LogP contribution in [0.4, 0.5) is 8.78 Å². The summed E-state index contributed by atoms with van der Waals surface area (Å²) in [5.74, 6) is -0.731. The smallest absolute Gasteiger partial charge is 0.224 e. The summed E-state index contributed by atoms with van der Waals surface area (Å²) in [7, 11) is 0. The average Bonchev–Trinajstić information content (AvgIpc) is 2.79. The van der Waals surface area contributed by atoms with E-state index in [-0.39, 0.29) is 30.5 Å². The highest BCUT2D eigenvalue weighted by molar-refractivity contribution is 5.78. The van der Waals surface area contributed by atoms with Gasteiger partial charge in [0.25, 0.3) is 0 Å². The molecule has 1 aliphatic heterocycles. The molecule has 32 heavy (non-hydrogen) atoms. The van der Waals surface area contributed by atoms with Gasteiger partial charge in [0.15, 0.2) is 0 Å². The summed E-state index contributed by atoms with van der Waals surface area (Å²) in [4.78, 5) is 14.5. The summed E-state index contributed by atoms with van der Waals surface area (Å²) in [5.41, 5.74) is 3.79. The quantitative estimate of drug-likeness (QED) is 0.600. The molecule has 3 aromatic rings. The molecule has 166 valence electrons. The second-order valence-electron chi connectivity index (χ2n) is 7.98. The fourth-order valence-electron chi connectivity index (χ4n) is 3.81. The number of nitrogens with zero attached hydrogens (tertiary/aromatic N) is 1. The zero-order chi connectivity index (χ0) is 22.3. The van der Waals surface area contributed by atoms with Crippen LogP contribution in [0.5, 0.6) is 0 Å². The standard InChI is InChI=1S/C26H26F2N2O2/c27-23-3-1-2-20(14-23)17-29-26(31)16-19-4-7-22(8-5-19)24-9-6-21(15-25(24)28)18-30-10-12-32-13-11-30/h1-9,14-15H,10-13,16-18H2,(H,29,31). The van der Waals surface area contributed by atoms with Crippen molar-refractivity contribution < 1.29 is 18.3 Å². The second-order valence-corrected chi connectivity index (χ2v) is 7.98. The molecule has 0 bridgehead atoms. The van der Waals surface area contributed by atoms with E-state index in [1.54, 1.807) is 18.2 Å². The van der Waals surface area contributed by atoms with Crippen LogP contribution >= 0.6 is 0 Å². The first-order valence-electron chi connectivity index (χ1n) is 10.8. The first kappa shape index (κ1) is 22.1. The van der Waals surface area contributed by atoms with Gasteiger partial charge in [-0.1, -0.05) is 48.5 Å². The van der Waals surface area contributed by atoms with Crippen LogP contribution in [0.1, 0.15) is 16.7 Å². The number of carbonyl (C=O) groups is 1. The van der Waals surface area contributed by atoms with Gasteiger partial charge in [-0.25, -0.2) is 8.78 Å². The molecule has 0 spiro atoms. The lowest BCUT2D eigenvalue weighted by atomic mass is 10.0. The number of rotatable bonds is 7. The van der Waals surface area contributed by atoms with Gasteiger partial charge in [-0.3, -0.25) is 9.69 Å². The maximum Gasteiger partial charge on any atom is 0.224 e. The molecule has 1 fully saturated rings. The van der Waals surface area contributed by atoms with Crippen molar-refractivity contribution in [2.45, 2.75) is 19.5 Å². The normalized spacial score (nSPS) is 14.3. The second kappa shape index (κ2) is 10.5. The summed E-state index contributed by atoms with van der Waals surface area (Å²) in [6.45, 7) is 4.15. The van der Waals surface area contributed by atoms with Gasteiger partial charge in [-0.2, -0.15) is 0 Å².